The predicted octanol–water partition coefficient (Wildman–Crippen LogP) is 6.73. The van der Waals surface area contributed by atoms with E-state index in [1.807, 2.05) is 13.0 Å². The van der Waals surface area contributed by atoms with Crippen molar-refractivity contribution in [3.63, 3.8) is 0 Å². The topological polar surface area (TPSA) is 0 Å². The van der Waals surface area contributed by atoms with E-state index in [4.69, 9.17) is 0 Å². The van der Waals surface area contributed by atoms with Gasteiger partial charge in [0.25, 0.3) is 0 Å². The van der Waals surface area contributed by atoms with Crippen molar-refractivity contribution in [2.24, 2.45) is 11.8 Å². The highest BCUT2D eigenvalue weighted by Crippen LogP contribution is 2.28. The highest BCUT2D eigenvalue weighted by molar-refractivity contribution is 5.71. The molecule has 0 aliphatic heterocycles. The van der Waals surface area contributed by atoms with E-state index in [1.54, 1.807) is 0 Å². The van der Waals surface area contributed by atoms with E-state index in [2.05, 4.69) is 95.0 Å². The average molecular weight is 363 g/mol. The molecule has 0 spiro atoms. The molecule has 146 valence electrons. The number of fused-ring (bicyclic) bond motifs is 1. The third kappa shape index (κ3) is 7.99. The molecular formula is C27H38. The van der Waals surface area contributed by atoms with Gasteiger partial charge in [-0.1, -0.05) is 107 Å². The number of hydrogen-bond acceptors (Lipinski definition) is 0. The van der Waals surface area contributed by atoms with Crippen LogP contribution in [0.15, 0.2) is 72.9 Å². The third-order valence-corrected chi connectivity index (χ3v) is 4.87. The second-order valence-electron chi connectivity index (χ2n) is 7.47. The molecule has 0 bridgehead atoms. The maximum Gasteiger partial charge on any atom is -0.00806 e. The van der Waals surface area contributed by atoms with Crippen molar-refractivity contribution < 1.29 is 0 Å². The van der Waals surface area contributed by atoms with Crippen LogP contribution in [-0.2, 0) is 0 Å². The molecule has 1 aromatic rings. The molecule has 0 radical (unpaired) electrons. The Morgan fingerprint density at radius 2 is 1.85 bits per heavy atom. The van der Waals surface area contributed by atoms with Gasteiger partial charge in [-0.05, 0) is 59.6 Å². The number of benzene rings is 1. The molecule has 1 atom stereocenters. The van der Waals surface area contributed by atoms with E-state index in [0.29, 0.717) is 5.92 Å². The summed E-state index contributed by atoms with van der Waals surface area (Å²) in [5, 5.41) is 2.69. The zero-order chi connectivity index (χ0) is 20.1. The van der Waals surface area contributed by atoms with Crippen molar-refractivity contribution in [1.29, 1.82) is 0 Å². The quantitative estimate of drug-likeness (QED) is 0.372. The lowest BCUT2D eigenvalue weighted by atomic mass is 9.82. The second-order valence-corrected chi connectivity index (χ2v) is 7.47. The van der Waals surface area contributed by atoms with Crippen LogP contribution in [-0.4, -0.2) is 0 Å². The maximum absolute atomic E-state index is 4.33. The summed E-state index contributed by atoms with van der Waals surface area (Å²) in [5.74, 6) is 1.41. The summed E-state index contributed by atoms with van der Waals surface area (Å²) in [6.07, 6.45) is 19.8. The molecule has 27 heavy (non-hydrogen) atoms. The van der Waals surface area contributed by atoms with Crippen LogP contribution in [0.4, 0.5) is 0 Å². The Morgan fingerprint density at radius 3 is 2.48 bits per heavy atom. The Labute approximate surface area is 167 Å². The fourth-order valence-corrected chi connectivity index (χ4v) is 2.98. The van der Waals surface area contributed by atoms with Gasteiger partial charge in [-0.2, -0.15) is 0 Å². The van der Waals surface area contributed by atoms with E-state index in [-0.39, 0.29) is 0 Å². The van der Waals surface area contributed by atoms with Crippen molar-refractivity contribution in [2.45, 2.75) is 60.3 Å². The van der Waals surface area contributed by atoms with Crippen LogP contribution >= 0.6 is 0 Å². The standard InChI is InChI=1S/C22H26.C5H12/c1-4-6-8-12-18(3)22-20(14-9-7-5-2)17-16-19-13-10-11-15-21(19)22;1-4-5(2)3/h4,6-13,15-16,20H,3,5,14,17H2,1-2H3;5H,4H2,1-3H3/b6-4-,9-7?,12-8-;. The fraction of sp³-hybridized carbons (Fsp3) is 0.407. The van der Waals surface area contributed by atoms with Gasteiger partial charge < -0.3 is 0 Å². The summed E-state index contributed by atoms with van der Waals surface area (Å²) in [6.45, 7) is 15.2. The summed E-state index contributed by atoms with van der Waals surface area (Å²) >= 11 is 0. The molecule has 0 fully saturated rings. The summed E-state index contributed by atoms with van der Waals surface area (Å²) in [7, 11) is 0. The van der Waals surface area contributed by atoms with Gasteiger partial charge in [0.05, 0.1) is 0 Å². The van der Waals surface area contributed by atoms with Crippen LogP contribution in [0.3, 0.4) is 0 Å². The smallest absolute Gasteiger partial charge is 0.00806 e. The molecule has 1 aliphatic rings. The van der Waals surface area contributed by atoms with Crippen LogP contribution < -0.4 is 10.4 Å². The molecule has 0 saturated heterocycles. The summed E-state index contributed by atoms with van der Waals surface area (Å²) in [6, 6.07) is 8.67. The highest BCUT2D eigenvalue weighted by atomic mass is 14.2. The molecule has 1 aromatic carbocycles. The molecule has 0 aromatic heterocycles. The minimum atomic E-state index is 0.528. The van der Waals surface area contributed by atoms with Gasteiger partial charge in [-0.15, -0.1) is 0 Å². The molecule has 2 rings (SSSR count). The first-order chi connectivity index (χ1) is 13.0. The van der Waals surface area contributed by atoms with Gasteiger partial charge >= 0.3 is 0 Å². The lowest BCUT2D eigenvalue weighted by molar-refractivity contribution is 0.626. The van der Waals surface area contributed by atoms with Crippen LogP contribution in [0.5, 0.6) is 0 Å². The van der Waals surface area contributed by atoms with Crippen LogP contribution in [0.2, 0.25) is 0 Å². The van der Waals surface area contributed by atoms with E-state index in [1.165, 1.54) is 22.4 Å². The van der Waals surface area contributed by atoms with Crippen molar-refractivity contribution in [3.8, 4) is 0 Å². The molecule has 0 heterocycles. The first-order valence-electron chi connectivity index (χ1n) is 10.5. The van der Waals surface area contributed by atoms with Crippen molar-refractivity contribution in [1.82, 2.24) is 0 Å². The maximum atomic E-state index is 4.33. The number of rotatable bonds is 7. The van der Waals surface area contributed by atoms with E-state index >= 15 is 0 Å². The Bertz CT molecular complexity index is 769. The zero-order valence-electron chi connectivity index (χ0n) is 18.0. The predicted molar refractivity (Wildman–Crippen MR) is 124 cm³/mol. The van der Waals surface area contributed by atoms with Crippen molar-refractivity contribution in [3.05, 3.63) is 83.3 Å². The number of allylic oxidation sites excluding steroid dienone is 7. The van der Waals surface area contributed by atoms with Crippen molar-refractivity contribution in [2.75, 3.05) is 0 Å². The van der Waals surface area contributed by atoms with Crippen molar-refractivity contribution >= 4 is 11.6 Å². The van der Waals surface area contributed by atoms with Gasteiger partial charge in [0.2, 0.25) is 0 Å². The Hall–Kier alpha value is -2.08. The molecule has 0 amide bonds. The summed E-state index contributed by atoms with van der Waals surface area (Å²) < 4.78 is 0. The normalized spacial score (nSPS) is 16.5. The van der Waals surface area contributed by atoms with E-state index < -0.39 is 0 Å². The third-order valence-electron chi connectivity index (χ3n) is 4.87. The summed E-state index contributed by atoms with van der Waals surface area (Å²) in [5.41, 5.74) is 2.54. The molecule has 0 N–H and O–H groups in total. The lowest BCUT2D eigenvalue weighted by Gasteiger charge is -2.22. The number of hydrogen-bond donors (Lipinski definition) is 0. The minimum Gasteiger partial charge on any atom is -0.0915 e. The monoisotopic (exact) mass is 362 g/mol. The van der Waals surface area contributed by atoms with Gasteiger partial charge in [0, 0.05) is 0 Å². The fourth-order valence-electron chi connectivity index (χ4n) is 2.98. The molecule has 0 heteroatoms. The van der Waals surface area contributed by atoms with Crippen LogP contribution in [0.1, 0.15) is 60.3 Å². The largest absolute Gasteiger partial charge is 0.0915 e. The van der Waals surface area contributed by atoms with E-state index in [9.17, 15) is 0 Å². The van der Waals surface area contributed by atoms with Crippen LogP contribution in [0.25, 0.3) is 11.6 Å². The molecule has 1 unspecified atom stereocenters. The van der Waals surface area contributed by atoms with Gasteiger partial charge in [-0.25, -0.2) is 0 Å². The zero-order valence-corrected chi connectivity index (χ0v) is 18.0. The molecular weight excluding hydrogens is 324 g/mol. The Balaban J connectivity index is 0.000000646. The van der Waals surface area contributed by atoms with Crippen LogP contribution in [0, 0.1) is 11.8 Å². The second kappa shape index (κ2) is 13.1. The molecule has 0 saturated carbocycles. The average Bonchev–Trinajstić information content (AvgIpc) is 2.68. The lowest BCUT2D eigenvalue weighted by Crippen LogP contribution is -2.32. The Morgan fingerprint density at radius 1 is 1.15 bits per heavy atom. The first-order valence-corrected chi connectivity index (χ1v) is 10.5. The van der Waals surface area contributed by atoms with E-state index in [0.717, 1.165) is 30.8 Å². The molecule has 1 aliphatic carbocycles. The van der Waals surface area contributed by atoms with Gasteiger partial charge in [0.1, 0.15) is 0 Å². The highest BCUT2D eigenvalue weighted by Gasteiger charge is 2.17. The molecule has 0 nitrogen and oxygen atoms in total. The SMILES string of the molecule is C=C(/C=C\C=C/C)C1=c2ccccc2=CCC1CC=CCC.CCC(C)C. The summed E-state index contributed by atoms with van der Waals surface area (Å²) in [4.78, 5) is 0. The van der Waals surface area contributed by atoms with Gasteiger partial charge in [0.15, 0.2) is 0 Å². The first kappa shape index (κ1) is 23.0. The minimum absolute atomic E-state index is 0.528. The Kier molecular flexibility index (Phi) is 11.2. The van der Waals surface area contributed by atoms with Gasteiger partial charge in [-0.3, -0.25) is 0 Å².